The third kappa shape index (κ3) is 6.56. The first kappa shape index (κ1) is 23.3. The smallest absolute Gasteiger partial charge is 0.307 e. The van der Waals surface area contributed by atoms with Crippen LogP contribution in [0.25, 0.3) is 0 Å². The van der Waals surface area contributed by atoms with Gasteiger partial charge in [-0.3, -0.25) is 9.78 Å². The van der Waals surface area contributed by atoms with Gasteiger partial charge in [0.05, 0.1) is 17.7 Å². The van der Waals surface area contributed by atoms with Gasteiger partial charge in [0.15, 0.2) is 0 Å². The number of H-pyrrole nitrogens is 1. The second-order valence-corrected chi connectivity index (χ2v) is 8.33. The Bertz CT molecular complexity index is 1260. The monoisotopic (exact) mass is 480 g/mol. The Labute approximate surface area is 200 Å². The average Bonchev–Trinajstić information content (AvgIpc) is 3.17. The summed E-state index contributed by atoms with van der Waals surface area (Å²) in [7, 11) is 1.62. The fourth-order valence-corrected chi connectivity index (χ4v) is 3.87. The molecule has 9 nitrogen and oxygen atoms in total. The summed E-state index contributed by atoms with van der Waals surface area (Å²) < 4.78 is 16.7. The van der Waals surface area contributed by atoms with Crippen LogP contribution in [0.4, 0.5) is 0 Å². The summed E-state index contributed by atoms with van der Waals surface area (Å²) in [5, 5.41) is 13.0. The maximum atomic E-state index is 11.3. The number of hydrogen-bond acceptors (Lipinski definition) is 9. The normalized spacial score (nSPS) is 10.7. The van der Waals surface area contributed by atoms with Gasteiger partial charge in [-0.1, -0.05) is 23.5 Å². The van der Waals surface area contributed by atoms with Crippen molar-refractivity contribution < 1.29 is 19.3 Å². The SMILES string of the molecule is COc1ccc(Oc2cc(CNCCOc3ccc(Cc4sc(=O)[nH]c4O)cc3)ncn2)cc1. The van der Waals surface area contributed by atoms with E-state index in [1.165, 1.54) is 6.33 Å². The molecule has 0 spiro atoms. The summed E-state index contributed by atoms with van der Waals surface area (Å²) in [5.41, 5.74) is 1.78. The molecule has 0 atom stereocenters. The molecule has 0 unspecified atom stereocenters. The van der Waals surface area contributed by atoms with Gasteiger partial charge in [0, 0.05) is 25.6 Å². The van der Waals surface area contributed by atoms with Gasteiger partial charge in [-0.05, 0) is 42.0 Å². The van der Waals surface area contributed by atoms with Gasteiger partial charge in [0.2, 0.25) is 11.8 Å². The molecule has 2 aromatic carbocycles. The fourth-order valence-electron chi connectivity index (χ4n) is 3.11. The van der Waals surface area contributed by atoms with Crippen LogP contribution in [0.3, 0.4) is 0 Å². The number of rotatable bonds is 11. The van der Waals surface area contributed by atoms with E-state index in [0.717, 1.165) is 34.1 Å². The topological polar surface area (TPSA) is 119 Å². The molecule has 34 heavy (non-hydrogen) atoms. The molecular weight excluding hydrogens is 456 g/mol. The molecule has 0 saturated carbocycles. The van der Waals surface area contributed by atoms with Crippen molar-refractivity contribution in [1.29, 1.82) is 0 Å². The van der Waals surface area contributed by atoms with Crippen LogP contribution in [0.1, 0.15) is 16.1 Å². The Balaban J connectivity index is 1.19. The summed E-state index contributed by atoms with van der Waals surface area (Å²) >= 11 is 1.01. The van der Waals surface area contributed by atoms with Crippen molar-refractivity contribution in [2.45, 2.75) is 13.0 Å². The zero-order chi connectivity index (χ0) is 23.8. The number of aromatic hydroxyl groups is 1. The van der Waals surface area contributed by atoms with Crippen LogP contribution in [0.5, 0.6) is 29.0 Å². The number of aromatic nitrogens is 3. The molecule has 0 aliphatic rings. The second kappa shape index (κ2) is 11.3. The van der Waals surface area contributed by atoms with Crippen LogP contribution in [0, 0.1) is 0 Å². The number of nitrogens with zero attached hydrogens (tertiary/aromatic N) is 2. The minimum Gasteiger partial charge on any atom is -0.497 e. The van der Waals surface area contributed by atoms with Crippen molar-refractivity contribution in [3.8, 4) is 29.0 Å². The molecule has 0 fully saturated rings. The summed E-state index contributed by atoms with van der Waals surface area (Å²) in [6, 6.07) is 16.6. The molecule has 0 saturated heterocycles. The summed E-state index contributed by atoms with van der Waals surface area (Å²) in [6.07, 6.45) is 1.96. The molecule has 3 N–H and O–H groups in total. The molecule has 2 aromatic heterocycles. The van der Waals surface area contributed by atoms with E-state index in [4.69, 9.17) is 14.2 Å². The molecule has 176 valence electrons. The van der Waals surface area contributed by atoms with E-state index in [-0.39, 0.29) is 10.8 Å². The average molecular weight is 481 g/mol. The lowest BCUT2D eigenvalue weighted by Crippen LogP contribution is -2.21. The van der Waals surface area contributed by atoms with Crippen molar-refractivity contribution in [2.24, 2.45) is 0 Å². The highest BCUT2D eigenvalue weighted by Gasteiger charge is 2.08. The Kier molecular flexibility index (Phi) is 7.74. The number of aromatic amines is 1. The summed E-state index contributed by atoms with van der Waals surface area (Å²) in [4.78, 5) is 22.4. The highest BCUT2D eigenvalue weighted by atomic mass is 32.1. The maximum Gasteiger partial charge on any atom is 0.307 e. The van der Waals surface area contributed by atoms with Crippen LogP contribution in [0.2, 0.25) is 0 Å². The first-order chi connectivity index (χ1) is 16.6. The van der Waals surface area contributed by atoms with E-state index >= 15 is 0 Å². The minimum atomic E-state index is -0.261. The number of methoxy groups -OCH3 is 1. The lowest BCUT2D eigenvalue weighted by Gasteiger charge is -2.09. The molecule has 4 rings (SSSR count). The van der Waals surface area contributed by atoms with Crippen LogP contribution in [-0.4, -0.2) is 40.3 Å². The first-order valence-corrected chi connectivity index (χ1v) is 11.4. The van der Waals surface area contributed by atoms with E-state index in [1.54, 1.807) is 13.2 Å². The van der Waals surface area contributed by atoms with E-state index < -0.39 is 0 Å². The van der Waals surface area contributed by atoms with Gasteiger partial charge < -0.3 is 24.6 Å². The Morgan fingerprint density at radius 1 is 1.03 bits per heavy atom. The minimum absolute atomic E-state index is 0.0653. The van der Waals surface area contributed by atoms with E-state index in [1.807, 2.05) is 48.5 Å². The Morgan fingerprint density at radius 3 is 2.47 bits per heavy atom. The molecular formula is C24H24N4O5S. The molecule has 10 heteroatoms. The Morgan fingerprint density at radius 2 is 1.76 bits per heavy atom. The van der Waals surface area contributed by atoms with Gasteiger partial charge in [0.1, 0.15) is 30.2 Å². The van der Waals surface area contributed by atoms with Gasteiger partial charge in [-0.2, -0.15) is 0 Å². The second-order valence-electron chi connectivity index (χ2n) is 7.26. The number of thiazole rings is 1. The third-order valence-corrected chi connectivity index (χ3v) is 5.69. The molecule has 0 radical (unpaired) electrons. The predicted molar refractivity (Wildman–Crippen MR) is 128 cm³/mol. The van der Waals surface area contributed by atoms with Gasteiger partial charge in [-0.15, -0.1) is 0 Å². The van der Waals surface area contributed by atoms with E-state index in [2.05, 4.69) is 20.3 Å². The van der Waals surface area contributed by atoms with Crippen molar-refractivity contribution >= 4 is 11.3 Å². The highest BCUT2D eigenvalue weighted by Crippen LogP contribution is 2.23. The van der Waals surface area contributed by atoms with Crippen molar-refractivity contribution in [1.82, 2.24) is 20.3 Å². The lowest BCUT2D eigenvalue weighted by molar-refractivity contribution is 0.313. The quantitative estimate of drug-likeness (QED) is 0.279. The lowest BCUT2D eigenvalue weighted by atomic mass is 10.1. The van der Waals surface area contributed by atoms with Crippen LogP contribution < -0.4 is 24.4 Å². The Hall–Kier alpha value is -3.89. The molecule has 0 amide bonds. The molecule has 2 heterocycles. The standard InChI is InChI=1S/C24H24N4O5S/c1-31-18-6-8-20(9-7-18)33-22-13-17(26-15-27-22)14-25-10-11-32-19-4-2-16(3-5-19)12-21-23(29)28-24(30)34-21/h2-9,13,15,25,29H,10-12,14H2,1H3,(H,28,30). The van der Waals surface area contributed by atoms with Gasteiger partial charge in [0.25, 0.3) is 0 Å². The van der Waals surface area contributed by atoms with Gasteiger partial charge in [-0.25, -0.2) is 9.97 Å². The van der Waals surface area contributed by atoms with Crippen molar-refractivity contribution in [3.05, 3.63) is 86.7 Å². The van der Waals surface area contributed by atoms with Crippen LogP contribution in [0.15, 0.2) is 65.7 Å². The molecule has 0 bridgehead atoms. The summed E-state index contributed by atoms with van der Waals surface area (Å²) in [5.74, 6) is 2.57. The fraction of sp³-hybridized carbons (Fsp3) is 0.208. The largest absolute Gasteiger partial charge is 0.497 e. The number of ether oxygens (including phenoxy) is 3. The van der Waals surface area contributed by atoms with E-state index in [0.29, 0.717) is 42.6 Å². The van der Waals surface area contributed by atoms with Gasteiger partial charge >= 0.3 is 4.87 Å². The van der Waals surface area contributed by atoms with Crippen LogP contribution >= 0.6 is 11.3 Å². The number of hydrogen-bond donors (Lipinski definition) is 3. The zero-order valence-corrected chi connectivity index (χ0v) is 19.3. The molecule has 4 aromatic rings. The predicted octanol–water partition coefficient (Wildman–Crippen LogP) is 3.49. The highest BCUT2D eigenvalue weighted by molar-refractivity contribution is 7.09. The zero-order valence-electron chi connectivity index (χ0n) is 18.5. The van der Waals surface area contributed by atoms with Crippen LogP contribution in [-0.2, 0) is 13.0 Å². The maximum absolute atomic E-state index is 11.3. The van der Waals surface area contributed by atoms with Crippen molar-refractivity contribution in [2.75, 3.05) is 20.3 Å². The third-order valence-electron chi connectivity index (χ3n) is 4.82. The molecule has 0 aliphatic heterocycles. The van der Waals surface area contributed by atoms with E-state index in [9.17, 15) is 9.90 Å². The van der Waals surface area contributed by atoms with Crippen molar-refractivity contribution in [3.63, 3.8) is 0 Å². The number of benzene rings is 2. The molecule has 0 aliphatic carbocycles. The first-order valence-electron chi connectivity index (χ1n) is 10.6. The summed E-state index contributed by atoms with van der Waals surface area (Å²) in [6.45, 7) is 1.66. The number of nitrogens with one attached hydrogen (secondary N) is 2.